The molecule has 0 N–H and O–H groups in total. The van der Waals surface area contributed by atoms with Crippen LogP contribution in [0.2, 0.25) is 0 Å². The van der Waals surface area contributed by atoms with E-state index in [0.29, 0.717) is 0 Å². The van der Waals surface area contributed by atoms with E-state index in [9.17, 15) is 4.79 Å². The van der Waals surface area contributed by atoms with Gasteiger partial charge in [-0.05, 0) is 29.2 Å². The second-order valence-corrected chi connectivity index (χ2v) is 3.78. The van der Waals surface area contributed by atoms with E-state index < -0.39 is 0 Å². The van der Waals surface area contributed by atoms with Crippen LogP contribution < -0.4 is 0 Å². The predicted molar refractivity (Wildman–Crippen MR) is 52.3 cm³/mol. The lowest BCUT2D eigenvalue weighted by Gasteiger charge is -2.08. The van der Waals surface area contributed by atoms with Gasteiger partial charge in [-0.25, -0.2) is 0 Å². The third kappa shape index (κ3) is 0.882. The van der Waals surface area contributed by atoms with Gasteiger partial charge in [-0.2, -0.15) is 0 Å². The zero-order valence-electron chi connectivity index (χ0n) is 7.96. The second-order valence-electron chi connectivity index (χ2n) is 3.78. The Morgan fingerprint density at radius 2 is 2.29 bits per heavy atom. The quantitative estimate of drug-likeness (QED) is 0.588. The molecule has 0 fully saturated rings. The summed E-state index contributed by atoms with van der Waals surface area (Å²) < 4.78 is 5.16. The summed E-state index contributed by atoms with van der Waals surface area (Å²) in [6.45, 7) is 1.44. The highest BCUT2D eigenvalue weighted by atomic mass is 16.5. The van der Waals surface area contributed by atoms with Gasteiger partial charge < -0.3 is 4.74 Å². The number of allylic oxidation sites excluding steroid dienone is 7. The molecule has 2 heteroatoms. The van der Waals surface area contributed by atoms with Crippen molar-refractivity contribution in [2.24, 2.45) is 0 Å². The number of esters is 1. The molecule has 0 saturated carbocycles. The number of ether oxygens (including phenoxy) is 1. The van der Waals surface area contributed by atoms with Gasteiger partial charge in [0, 0.05) is 18.9 Å². The molecule has 3 rings (SSSR count). The van der Waals surface area contributed by atoms with Gasteiger partial charge in [0.15, 0.2) is 0 Å². The molecule has 0 unspecified atom stereocenters. The Bertz CT molecular complexity index is 459. The lowest BCUT2D eigenvalue weighted by molar-refractivity contribution is -0.136. The molecule has 0 heterocycles. The molecule has 2 nitrogen and oxygen atoms in total. The van der Waals surface area contributed by atoms with Crippen molar-refractivity contribution in [1.82, 2.24) is 0 Å². The summed E-state index contributed by atoms with van der Waals surface area (Å²) in [4.78, 5) is 10.9. The number of carbonyl (C=O) groups is 1. The van der Waals surface area contributed by atoms with Crippen LogP contribution in [0.1, 0.15) is 19.8 Å². The first-order valence-electron chi connectivity index (χ1n) is 4.78. The van der Waals surface area contributed by atoms with Gasteiger partial charge in [-0.1, -0.05) is 12.2 Å². The molecule has 3 aliphatic rings. The van der Waals surface area contributed by atoms with E-state index >= 15 is 0 Å². The fourth-order valence-electron chi connectivity index (χ4n) is 2.34. The Labute approximate surface area is 82.3 Å². The Morgan fingerprint density at radius 3 is 3.07 bits per heavy atom. The number of carbonyl (C=O) groups excluding carboxylic acids is 1. The Hall–Kier alpha value is -1.57. The Balaban J connectivity index is 2.02. The highest BCUT2D eigenvalue weighted by Crippen LogP contribution is 2.48. The molecular formula is C12H10O2. The molecule has 0 amide bonds. The fourth-order valence-corrected chi connectivity index (χ4v) is 2.34. The molecule has 0 spiro atoms. The van der Waals surface area contributed by atoms with E-state index in [1.807, 2.05) is 6.08 Å². The maximum absolute atomic E-state index is 10.9. The van der Waals surface area contributed by atoms with Crippen LogP contribution in [-0.4, -0.2) is 5.97 Å². The van der Waals surface area contributed by atoms with Crippen LogP contribution in [0.4, 0.5) is 0 Å². The van der Waals surface area contributed by atoms with Crippen LogP contribution >= 0.6 is 0 Å². The molecule has 0 atom stereocenters. The molecule has 2 bridgehead atoms. The van der Waals surface area contributed by atoms with Crippen LogP contribution in [0.15, 0.2) is 46.3 Å². The highest BCUT2D eigenvalue weighted by molar-refractivity contribution is 5.73. The van der Waals surface area contributed by atoms with Crippen molar-refractivity contribution in [3.8, 4) is 0 Å². The first kappa shape index (κ1) is 7.80. The summed E-state index contributed by atoms with van der Waals surface area (Å²) in [7, 11) is 0. The minimum Gasteiger partial charge on any atom is -0.426 e. The molecule has 0 radical (unpaired) electrons. The van der Waals surface area contributed by atoms with Gasteiger partial charge in [0.1, 0.15) is 5.76 Å². The van der Waals surface area contributed by atoms with E-state index in [2.05, 4.69) is 12.2 Å². The van der Waals surface area contributed by atoms with Crippen molar-refractivity contribution < 1.29 is 9.53 Å². The second kappa shape index (κ2) is 2.47. The van der Waals surface area contributed by atoms with Gasteiger partial charge in [-0.3, -0.25) is 4.79 Å². The first-order valence-corrected chi connectivity index (χ1v) is 4.78. The number of fused-ring (bicyclic) bond motifs is 4. The molecule has 3 aliphatic carbocycles. The summed E-state index contributed by atoms with van der Waals surface area (Å²) in [5.41, 5.74) is 5.24. The van der Waals surface area contributed by atoms with E-state index in [1.54, 1.807) is 0 Å². The average molecular weight is 186 g/mol. The van der Waals surface area contributed by atoms with E-state index in [1.165, 1.54) is 29.2 Å². The third-order valence-electron chi connectivity index (χ3n) is 2.87. The van der Waals surface area contributed by atoms with Crippen molar-refractivity contribution in [2.75, 3.05) is 0 Å². The van der Waals surface area contributed by atoms with Gasteiger partial charge in [0.25, 0.3) is 0 Å². The minimum atomic E-state index is -0.231. The van der Waals surface area contributed by atoms with Crippen molar-refractivity contribution in [2.45, 2.75) is 19.8 Å². The third-order valence-corrected chi connectivity index (χ3v) is 2.87. The maximum Gasteiger partial charge on any atom is 0.308 e. The largest absolute Gasteiger partial charge is 0.426 e. The highest BCUT2D eigenvalue weighted by Gasteiger charge is 2.32. The molecule has 0 aliphatic heterocycles. The molecule has 0 aromatic rings. The van der Waals surface area contributed by atoms with E-state index in [4.69, 9.17) is 4.74 Å². The molecular weight excluding hydrogens is 176 g/mol. The molecule has 0 saturated heterocycles. The van der Waals surface area contributed by atoms with E-state index in [0.717, 1.165) is 18.6 Å². The summed E-state index contributed by atoms with van der Waals surface area (Å²) in [5, 5.41) is 0. The Morgan fingerprint density at radius 1 is 1.43 bits per heavy atom. The van der Waals surface area contributed by atoms with Crippen LogP contribution in [-0.2, 0) is 9.53 Å². The summed E-state index contributed by atoms with van der Waals surface area (Å²) in [6.07, 6.45) is 8.27. The summed E-state index contributed by atoms with van der Waals surface area (Å²) >= 11 is 0. The SMILES string of the molecule is CC(=O)OC1=C2CC(=C1)C1=C2CC=C1. The zero-order valence-corrected chi connectivity index (χ0v) is 7.96. The lowest BCUT2D eigenvalue weighted by atomic mass is 10.1. The van der Waals surface area contributed by atoms with Crippen LogP contribution in [0.5, 0.6) is 0 Å². The maximum atomic E-state index is 10.9. The standard InChI is InChI=1S/C12H10O2/c1-7(13)14-12-6-8-5-11(12)10-4-2-3-9(8)10/h2-3,6H,4-5H2,1H3. The average Bonchev–Trinajstić information content (AvgIpc) is 2.68. The Kier molecular flexibility index (Phi) is 1.38. The van der Waals surface area contributed by atoms with Crippen LogP contribution in [0, 0.1) is 0 Å². The molecule has 14 heavy (non-hydrogen) atoms. The van der Waals surface area contributed by atoms with Gasteiger partial charge >= 0.3 is 5.97 Å². The topological polar surface area (TPSA) is 26.3 Å². The van der Waals surface area contributed by atoms with Crippen LogP contribution in [0.3, 0.4) is 0 Å². The molecule has 0 aromatic heterocycles. The van der Waals surface area contributed by atoms with Crippen molar-refractivity contribution in [3.63, 3.8) is 0 Å². The van der Waals surface area contributed by atoms with E-state index in [-0.39, 0.29) is 5.97 Å². The number of hydrogen-bond acceptors (Lipinski definition) is 2. The zero-order chi connectivity index (χ0) is 9.71. The molecule has 0 aromatic carbocycles. The number of hydrogen-bond donors (Lipinski definition) is 0. The first-order chi connectivity index (χ1) is 6.75. The smallest absolute Gasteiger partial charge is 0.308 e. The summed E-state index contributed by atoms with van der Waals surface area (Å²) in [6, 6.07) is 0. The lowest BCUT2D eigenvalue weighted by Crippen LogP contribution is -2.00. The number of rotatable bonds is 1. The van der Waals surface area contributed by atoms with Gasteiger partial charge in [-0.15, -0.1) is 0 Å². The van der Waals surface area contributed by atoms with Gasteiger partial charge in [0.05, 0.1) is 0 Å². The van der Waals surface area contributed by atoms with Crippen LogP contribution in [0.25, 0.3) is 0 Å². The van der Waals surface area contributed by atoms with Gasteiger partial charge in [0.2, 0.25) is 0 Å². The predicted octanol–water partition coefficient (Wildman–Crippen LogP) is 2.40. The minimum absolute atomic E-state index is 0.231. The molecule has 70 valence electrons. The monoisotopic (exact) mass is 186 g/mol. The summed E-state index contributed by atoms with van der Waals surface area (Å²) in [5.74, 6) is 0.542. The van der Waals surface area contributed by atoms with Crippen molar-refractivity contribution in [1.29, 1.82) is 0 Å². The van der Waals surface area contributed by atoms with Crippen molar-refractivity contribution in [3.05, 3.63) is 46.3 Å². The normalized spacial score (nSPS) is 21.9. The fraction of sp³-hybridized carbons (Fsp3) is 0.250. The van der Waals surface area contributed by atoms with Crippen molar-refractivity contribution >= 4 is 5.97 Å².